The summed E-state index contributed by atoms with van der Waals surface area (Å²) in [5, 5.41) is 3.22. The molecule has 2 rings (SSSR count). The predicted molar refractivity (Wildman–Crippen MR) is 103 cm³/mol. The molecule has 0 aliphatic carbocycles. The Labute approximate surface area is 160 Å². The van der Waals surface area contributed by atoms with Crippen molar-refractivity contribution in [3.63, 3.8) is 0 Å². The van der Waals surface area contributed by atoms with Crippen LogP contribution in [0.25, 0.3) is 0 Å². The fourth-order valence-electron chi connectivity index (χ4n) is 2.19. The molecule has 2 aromatic rings. The highest BCUT2D eigenvalue weighted by Crippen LogP contribution is 2.36. The van der Waals surface area contributed by atoms with E-state index in [1.54, 1.807) is 36.4 Å². The van der Waals surface area contributed by atoms with Gasteiger partial charge in [0, 0.05) is 16.8 Å². The van der Waals surface area contributed by atoms with E-state index in [1.807, 2.05) is 6.92 Å². The van der Waals surface area contributed by atoms with Crippen molar-refractivity contribution in [2.24, 2.45) is 0 Å². The van der Waals surface area contributed by atoms with Gasteiger partial charge >= 0.3 is 0 Å². The van der Waals surface area contributed by atoms with E-state index in [2.05, 4.69) is 21.2 Å². The highest BCUT2D eigenvalue weighted by molar-refractivity contribution is 9.10. The fourth-order valence-corrected chi connectivity index (χ4v) is 3.92. The molecule has 0 aliphatic rings. The monoisotopic (exact) mass is 445 g/mol. The third-order valence-corrected chi connectivity index (χ3v) is 4.86. The van der Waals surface area contributed by atoms with Crippen molar-refractivity contribution in [3.8, 4) is 5.75 Å². The molecule has 134 valence electrons. The number of carbonyl (C=O) groups is 1. The lowest BCUT2D eigenvalue weighted by Crippen LogP contribution is -2.13. The average Bonchev–Trinajstić information content (AvgIpc) is 2.49. The van der Waals surface area contributed by atoms with Crippen LogP contribution in [0.1, 0.15) is 22.8 Å². The normalized spacial score (nSPS) is 11.2. The summed E-state index contributed by atoms with van der Waals surface area (Å²) >= 11 is 9.41. The maximum atomic E-state index is 12.4. The minimum absolute atomic E-state index is 0.0649. The molecule has 0 aromatic heterocycles. The highest BCUT2D eigenvalue weighted by Gasteiger charge is 2.14. The molecule has 0 saturated heterocycles. The minimum Gasteiger partial charge on any atom is -0.491 e. The van der Waals surface area contributed by atoms with Crippen LogP contribution >= 0.6 is 27.5 Å². The Morgan fingerprint density at radius 3 is 2.44 bits per heavy atom. The van der Waals surface area contributed by atoms with Crippen molar-refractivity contribution in [1.82, 2.24) is 0 Å². The summed E-state index contributed by atoms with van der Waals surface area (Å²) in [6.45, 7) is 2.27. The number of carbonyl (C=O) groups excluding carboxylic acids is 1. The first-order valence-electron chi connectivity index (χ1n) is 7.39. The summed E-state index contributed by atoms with van der Waals surface area (Å²) in [5.74, 6) is 0.0833. The topological polar surface area (TPSA) is 72.5 Å². The molecule has 0 unspecified atom stereocenters. The lowest BCUT2D eigenvalue weighted by molar-refractivity contribution is 0.102. The zero-order valence-corrected chi connectivity index (χ0v) is 16.8. The molecular formula is C17H17BrClNO4S. The van der Waals surface area contributed by atoms with Gasteiger partial charge in [0.15, 0.2) is 15.6 Å². The third kappa shape index (κ3) is 5.73. The number of amides is 1. The van der Waals surface area contributed by atoms with Crippen LogP contribution in [0.15, 0.2) is 40.9 Å². The first kappa shape index (κ1) is 19.8. The predicted octanol–water partition coefficient (Wildman–Crippen LogP) is 4.30. The van der Waals surface area contributed by atoms with Gasteiger partial charge in [0.05, 0.1) is 22.5 Å². The van der Waals surface area contributed by atoms with E-state index < -0.39 is 9.84 Å². The smallest absolute Gasteiger partial charge is 0.255 e. The van der Waals surface area contributed by atoms with Gasteiger partial charge in [-0.25, -0.2) is 8.42 Å². The van der Waals surface area contributed by atoms with Gasteiger partial charge in [0.1, 0.15) is 0 Å². The molecule has 0 atom stereocenters. The van der Waals surface area contributed by atoms with Crippen LogP contribution in [0.5, 0.6) is 5.75 Å². The van der Waals surface area contributed by atoms with Crippen molar-refractivity contribution >= 4 is 49.0 Å². The Morgan fingerprint density at radius 2 is 1.88 bits per heavy atom. The van der Waals surface area contributed by atoms with Gasteiger partial charge in [-0.05, 0) is 52.7 Å². The number of ether oxygens (including phenoxy) is 1. The number of anilines is 1. The van der Waals surface area contributed by atoms with Crippen LogP contribution in [0.4, 0.5) is 5.69 Å². The Kier molecular flexibility index (Phi) is 6.48. The maximum Gasteiger partial charge on any atom is 0.255 e. The second kappa shape index (κ2) is 8.21. The molecule has 0 bridgehead atoms. The summed E-state index contributed by atoms with van der Waals surface area (Å²) in [7, 11) is -3.12. The van der Waals surface area contributed by atoms with Gasteiger partial charge in [-0.3, -0.25) is 4.79 Å². The molecule has 0 aliphatic heterocycles. The number of hydrogen-bond acceptors (Lipinski definition) is 4. The molecule has 0 fully saturated rings. The lowest BCUT2D eigenvalue weighted by atomic mass is 10.1. The highest BCUT2D eigenvalue weighted by atomic mass is 79.9. The van der Waals surface area contributed by atoms with Gasteiger partial charge in [0.2, 0.25) is 0 Å². The van der Waals surface area contributed by atoms with Crippen LogP contribution in [0, 0.1) is 0 Å². The number of halogens is 2. The number of nitrogens with one attached hydrogen (secondary N) is 1. The molecule has 8 heteroatoms. The van der Waals surface area contributed by atoms with E-state index in [9.17, 15) is 13.2 Å². The summed E-state index contributed by atoms with van der Waals surface area (Å²) in [6.07, 6.45) is 1.17. The second-order valence-corrected chi connectivity index (χ2v) is 8.85. The van der Waals surface area contributed by atoms with Crippen molar-refractivity contribution in [2.75, 3.05) is 18.2 Å². The van der Waals surface area contributed by atoms with Gasteiger partial charge in [-0.15, -0.1) is 0 Å². The number of sulfone groups is 1. The summed E-state index contributed by atoms with van der Waals surface area (Å²) < 4.78 is 28.8. The van der Waals surface area contributed by atoms with Crippen LogP contribution in [0.2, 0.25) is 5.02 Å². The summed E-state index contributed by atoms with van der Waals surface area (Å²) in [6, 6.07) is 9.68. The number of rotatable bonds is 6. The van der Waals surface area contributed by atoms with Crippen LogP contribution in [0.3, 0.4) is 0 Å². The largest absolute Gasteiger partial charge is 0.491 e. The fraction of sp³-hybridized carbons (Fsp3) is 0.235. The van der Waals surface area contributed by atoms with E-state index in [1.165, 1.54) is 6.26 Å². The number of benzene rings is 2. The van der Waals surface area contributed by atoms with Crippen molar-refractivity contribution in [2.45, 2.75) is 12.7 Å². The Hall–Kier alpha value is -1.57. The molecule has 1 amide bonds. The van der Waals surface area contributed by atoms with E-state index in [4.69, 9.17) is 16.3 Å². The number of hydrogen-bond donors (Lipinski definition) is 1. The van der Waals surface area contributed by atoms with Gasteiger partial charge in [0.25, 0.3) is 5.91 Å². The average molecular weight is 447 g/mol. The summed E-state index contributed by atoms with van der Waals surface area (Å²) in [5.41, 5.74) is 1.47. The Bertz CT molecular complexity index is 882. The standard InChI is InChI=1S/C17H17BrClNO4S/c1-3-24-16-14(18)8-13(19)9-15(16)20-17(21)12-6-4-11(5-7-12)10-25(2,22)23/h4-9H,3,10H2,1-2H3,(H,20,21). The van der Waals surface area contributed by atoms with Gasteiger partial charge in [-0.2, -0.15) is 0 Å². The van der Waals surface area contributed by atoms with Gasteiger partial charge < -0.3 is 10.1 Å². The van der Waals surface area contributed by atoms with Gasteiger partial charge in [-0.1, -0.05) is 23.7 Å². The first-order valence-corrected chi connectivity index (χ1v) is 10.6. The molecule has 0 spiro atoms. The van der Waals surface area contributed by atoms with Crippen LogP contribution in [-0.4, -0.2) is 27.2 Å². The second-order valence-electron chi connectivity index (χ2n) is 5.42. The Balaban J connectivity index is 2.22. The quantitative estimate of drug-likeness (QED) is 0.718. The molecule has 0 radical (unpaired) electrons. The molecule has 5 nitrogen and oxygen atoms in total. The Morgan fingerprint density at radius 1 is 1.24 bits per heavy atom. The third-order valence-electron chi connectivity index (χ3n) is 3.19. The molecule has 0 saturated carbocycles. The molecule has 1 N–H and O–H groups in total. The van der Waals surface area contributed by atoms with Crippen LogP contribution in [-0.2, 0) is 15.6 Å². The van der Waals surface area contributed by atoms with Crippen molar-refractivity contribution in [1.29, 1.82) is 0 Å². The van der Waals surface area contributed by atoms with E-state index in [0.29, 0.717) is 38.7 Å². The van der Waals surface area contributed by atoms with Crippen molar-refractivity contribution < 1.29 is 17.9 Å². The zero-order valence-electron chi connectivity index (χ0n) is 13.7. The maximum absolute atomic E-state index is 12.4. The summed E-state index contributed by atoms with van der Waals surface area (Å²) in [4.78, 5) is 12.4. The SMILES string of the molecule is CCOc1c(Br)cc(Cl)cc1NC(=O)c1ccc(CS(C)(=O)=O)cc1. The molecule has 25 heavy (non-hydrogen) atoms. The van der Waals surface area contributed by atoms with Crippen molar-refractivity contribution in [3.05, 3.63) is 57.0 Å². The lowest BCUT2D eigenvalue weighted by Gasteiger charge is -2.14. The van der Waals surface area contributed by atoms with E-state index in [0.717, 1.165) is 0 Å². The zero-order chi connectivity index (χ0) is 18.6. The van der Waals surface area contributed by atoms with E-state index >= 15 is 0 Å². The van der Waals surface area contributed by atoms with E-state index in [-0.39, 0.29) is 11.7 Å². The van der Waals surface area contributed by atoms with Crippen LogP contribution < -0.4 is 10.1 Å². The first-order chi connectivity index (χ1) is 11.7. The minimum atomic E-state index is -3.12. The molecule has 2 aromatic carbocycles. The molecule has 0 heterocycles. The molecular weight excluding hydrogens is 430 g/mol.